The summed E-state index contributed by atoms with van der Waals surface area (Å²) in [7, 11) is 0. The number of hydrogen-bond acceptors (Lipinski definition) is 3. The van der Waals surface area contributed by atoms with Gasteiger partial charge in [-0.1, -0.05) is 6.07 Å². The molecule has 1 amide bonds. The van der Waals surface area contributed by atoms with E-state index in [0.29, 0.717) is 13.1 Å². The number of pyridine rings is 1. The van der Waals surface area contributed by atoms with Crippen molar-refractivity contribution in [2.24, 2.45) is 0 Å². The third-order valence-corrected chi connectivity index (χ3v) is 5.37. The van der Waals surface area contributed by atoms with Gasteiger partial charge < -0.3 is 4.90 Å². The summed E-state index contributed by atoms with van der Waals surface area (Å²) in [6.45, 7) is 9.60. The van der Waals surface area contributed by atoms with E-state index in [-0.39, 0.29) is 5.91 Å². The number of aromatic nitrogens is 1. The Bertz CT molecular complexity index is 880. The second-order valence-corrected chi connectivity index (χ2v) is 6.91. The van der Waals surface area contributed by atoms with Crippen molar-refractivity contribution in [3.8, 4) is 10.6 Å². The average Bonchev–Trinajstić information content (AvgIpc) is 3.10. The highest BCUT2D eigenvalue weighted by Gasteiger charge is 2.19. The summed E-state index contributed by atoms with van der Waals surface area (Å²) in [5, 5.41) is 2.98. The number of thiophene rings is 1. The molecule has 1 aromatic carbocycles. The Balaban J connectivity index is 2.28. The Morgan fingerprint density at radius 3 is 2.46 bits per heavy atom. The monoisotopic (exact) mass is 338 g/mol. The molecule has 0 N–H and O–H groups in total. The molecule has 3 aromatic rings. The molecule has 0 spiro atoms. The molecule has 2 heterocycles. The molecule has 4 heteroatoms. The van der Waals surface area contributed by atoms with Crippen LogP contribution in [0.15, 0.2) is 35.7 Å². The number of hydrogen-bond donors (Lipinski definition) is 0. The zero-order valence-electron chi connectivity index (χ0n) is 14.6. The van der Waals surface area contributed by atoms with Gasteiger partial charge in [0.2, 0.25) is 0 Å². The van der Waals surface area contributed by atoms with Crippen LogP contribution in [-0.4, -0.2) is 28.9 Å². The SMILES string of the molecule is CCN(CC)C(=O)c1cc(-c2cccs2)nc2cc(C)c(C)cc12. The van der Waals surface area contributed by atoms with E-state index in [4.69, 9.17) is 4.98 Å². The van der Waals surface area contributed by atoms with E-state index in [0.717, 1.165) is 27.0 Å². The van der Waals surface area contributed by atoms with Crippen molar-refractivity contribution >= 4 is 28.1 Å². The highest BCUT2D eigenvalue weighted by Crippen LogP contribution is 2.30. The molecule has 0 saturated carbocycles. The molecule has 0 aliphatic carbocycles. The number of nitrogens with zero attached hydrogens (tertiary/aromatic N) is 2. The van der Waals surface area contributed by atoms with Crippen molar-refractivity contribution in [1.82, 2.24) is 9.88 Å². The summed E-state index contributed by atoms with van der Waals surface area (Å²) >= 11 is 1.64. The second kappa shape index (κ2) is 6.73. The average molecular weight is 338 g/mol. The van der Waals surface area contributed by atoms with Crippen molar-refractivity contribution in [2.75, 3.05) is 13.1 Å². The number of fused-ring (bicyclic) bond motifs is 1. The smallest absolute Gasteiger partial charge is 0.254 e. The van der Waals surface area contributed by atoms with Gasteiger partial charge in [-0.25, -0.2) is 4.98 Å². The van der Waals surface area contributed by atoms with Crippen LogP contribution in [0.25, 0.3) is 21.5 Å². The van der Waals surface area contributed by atoms with Gasteiger partial charge in [0, 0.05) is 18.5 Å². The first-order valence-electron chi connectivity index (χ1n) is 8.30. The summed E-state index contributed by atoms with van der Waals surface area (Å²) in [6.07, 6.45) is 0. The predicted octanol–water partition coefficient (Wildman–Crippen LogP) is 5.06. The van der Waals surface area contributed by atoms with Crippen LogP contribution in [0.4, 0.5) is 0 Å². The Morgan fingerprint density at radius 1 is 1.12 bits per heavy atom. The van der Waals surface area contributed by atoms with E-state index >= 15 is 0 Å². The van der Waals surface area contributed by atoms with Crippen LogP contribution in [0, 0.1) is 13.8 Å². The molecule has 0 radical (unpaired) electrons. The number of carbonyl (C=O) groups excluding carboxylic acids is 1. The first-order valence-corrected chi connectivity index (χ1v) is 9.18. The molecule has 0 unspecified atom stereocenters. The maximum atomic E-state index is 13.0. The highest BCUT2D eigenvalue weighted by molar-refractivity contribution is 7.13. The van der Waals surface area contributed by atoms with E-state index in [9.17, 15) is 4.79 Å². The van der Waals surface area contributed by atoms with Gasteiger partial charge in [0.1, 0.15) is 0 Å². The lowest BCUT2D eigenvalue weighted by Crippen LogP contribution is -2.30. The Kier molecular flexibility index (Phi) is 4.67. The minimum atomic E-state index is 0.0773. The van der Waals surface area contributed by atoms with E-state index in [1.807, 2.05) is 42.3 Å². The van der Waals surface area contributed by atoms with Crippen LogP contribution < -0.4 is 0 Å². The minimum Gasteiger partial charge on any atom is -0.339 e. The van der Waals surface area contributed by atoms with Crippen LogP contribution >= 0.6 is 11.3 Å². The van der Waals surface area contributed by atoms with Gasteiger partial charge in [-0.05, 0) is 68.5 Å². The van der Waals surface area contributed by atoms with Gasteiger partial charge in [0.05, 0.1) is 21.7 Å². The summed E-state index contributed by atoms with van der Waals surface area (Å²) in [5.74, 6) is 0.0773. The quantitative estimate of drug-likeness (QED) is 0.666. The zero-order valence-corrected chi connectivity index (χ0v) is 15.4. The predicted molar refractivity (Wildman–Crippen MR) is 102 cm³/mol. The van der Waals surface area contributed by atoms with Crippen LogP contribution in [0.1, 0.15) is 35.3 Å². The Morgan fingerprint density at radius 2 is 1.83 bits per heavy atom. The molecule has 124 valence electrons. The number of carbonyl (C=O) groups is 1. The van der Waals surface area contributed by atoms with Crippen molar-refractivity contribution < 1.29 is 4.79 Å². The van der Waals surface area contributed by atoms with Crippen molar-refractivity contribution in [2.45, 2.75) is 27.7 Å². The standard InChI is InChI=1S/C20H22N2OS/c1-5-22(6-2)20(23)16-12-18(19-8-7-9-24-19)21-17-11-14(4)13(3)10-15(16)17/h7-12H,5-6H2,1-4H3. The van der Waals surface area contributed by atoms with Gasteiger partial charge in [-0.2, -0.15) is 0 Å². The number of aryl methyl sites for hydroxylation is 2. The molecular weight excluding hydrogens is 316 g/mol. The van der Waals surface area contributed by atoms with Crippen LogP contribution in [0.3, 0.4) is 0 Å². The van der Waals surface area contributed by atoms with E-state index in [1.165, 1.54) is 11.1 Å². The van der Waals surface area contributed by atoms with Gasteiger partial charge >= 0.3 is 0 Å². The zero-order chi connectivity index (χ0) is 17.3. The number of amides is 1. The molecule has 0 aliphatic rings. The fraction of sp³-hybridized carbons (Fsp3) is 0.300. The molecule has 0 saturated heterocycles. The fourth-order valence-corrected chi connectivity index (χ4v) is 3.58. The van der Waals surface area contributed by atoms with Crippen LogP contribution in [0.5, 0.6) is 0 Å². The van der Waals surface area contributed by atoms with E-state index in [2.05, 4.69) is 26.0 Å². The van der Waals surface area contributed by atoms with Gasteiger partial charge in [-0.15, -0.1) is 11.3 Å². The minimum absolute atomic E-state index is 0.0773. The number of benzene rings is 1. The summed E-state index contributed by atoms with van der Waals surface area (Å²) < 4.78 is 0. The van der Waals surface area contributed by atoms with Gasteiger partial charge in [-0.3, -0.25) is 4.79 Å². The summed E-state index contributed by atoms with van der Waals surface area (Å²) in [5.41, 5.74) is 4.88. The van der Waals surface area contributed by atoms with Gasteiger partial charge in [0.25, 0.3) is 5.91 Å². The second-order valence-electron chi connectivity index (χ2n) is 5.96. The lowest BCUT2D eigenvalue weighted by atomic mass is 10.0. The molecule has 3 nitrogen and oxygen atoms in total. The lowest BCUT2D eigenvalue weighted by molar-refractivity contribution is 0.0775. The number of rotatable bonds is 4. The molecule has 24 heavy (non-hydrogen) atoms. The molecule has 0 aliphatic heterocycles. The molecule has 0 fully saturated rings. The highest BCUT2D eigenvalue weighted by atomic mass is 32.1. The normalized spacial score (nSPS) is 11.0. The first-order chi connectivity index (χ1) is 11.5. The summed E-state index contributed by atoms with van der Waals surface area (Å²) in [4.78, 5) is 20.8. The van der Waals surface area contributed by atoms with Crippen molar-refractivity contribution in [3.63, 3.8) is 0 Å². The van der Waals surface area contributed by atoms with Crippen LogP contribution in [0.2, 0.25) is 0 Å². The van der Waals surface area contributed by atoms with Crippen molar-refractivity contribution in [1.29, 1.82) is 0 Å². The molecule has 0 bridgehead atoms. The van der Waals surface area contributed by atoms with E-state index < -0.39 is 0 Å². The van der Waals surface area contributed by atoms with E-state index in [1.54, 1.807) is 11.3 Å². The first kappa shape index (κ1) is 16.7. The third kappa shape index (κ3) is 2.94. The Hall–Kier alpha value is -2.20. The molecule has 3 rings (SSSR count). The van der Waals surface area contributed by atoms with Crippen molar-refractivity contribution in [3.05, 3.63) is 52.4 Å². The largest absolute Gasteiger partial charge is 0.339 e. The molecular formula is C20H22N2OS. The molecule has 2 aromatic heterocycles. The van der Waals surface area contributed by atoms with Crippen LogP contribution in [-0.2, 0) is 0 Å². The fourth-order valence-electron chi connectivity index (χ4n) is 2.89. The maximum Gasteiger partial charge on any atom is 0.254 e. The lowest BCUT2D eigenvalue weighted by Gasteiger charge is -2.20. The summed E-state index contributed by atoms with van der Waals surface area (Å²) in [6, 6.07) is 10.2. The van der Waals surface area contributed by atoms with Gasteiger partial charge in [0.15, 0.2) is 0 Å². The molecule has 0 atom stereocenters. The Labute approximate surface area is 147 Å². The third-order valence-electron chi connectivity index (χ3n) is 4.48. The topological polar surface area (TPSA) is 33.2 Å². The maximum absolute atomic E-state index is 13.0.